The predicted molar refractivity (Wildman–Crippen MR) is 96.4 cm³/mol. The van der Waals surface area contributed by atoms with E-state index in [2.05, 4.69) is 49.6 Å². The van der Waals surface area contributed by atoms with Crippen LogP contribution in [0.2, 0.25) is 0 Å². The first-order chi connectivity index (χ1) is 11.3. The fourth-order valence-corrected chi connectivity index (χ4v) is 3.19. The molecule has 0 aromatic heterocycles. The van der Waals surface area contributed by atoms with Gasteiger partial charge in [-0.05, 0) is 23.1 Å². The molecular weight excluding hydrogens is 369 g/mol. The average Bonchev–Trinajstić information content (AvgIpc) is 2.60. The minimum atomic E-state index is 0. The summed E-state index contributed by atoms with van der Waals surface area (Å²) in [6.07, 6.45) is 2.11. The predicted octanol–water partition coefficient (Wildman–Crippen LogP) is 5.42. The molecule has 0 fully saturated rings. The van der Waals surface area contributed by atoms with Crippen LogP contribution in [0.15, 0.2) is 72.8 Å². The van der Waals surface area contributed by atoms with Gasteiger partial charge < -0.3 is 4.79 Å². The number of rotatable bonds is 2. The Morgan fingerprint density at radius 2 is 1.12 bits per heavy atom. The summed E-state index contributed by atoms with van der Waals surface area (Å²) in [5.41, 5.74) is 3.81. The van der Waals surface area contributed by atoms with E-state index in [1.165, 1.54) is 10.8 Å². The molecule has 0 aliphatic carbocycles. The van der Waals surface area contributed by atoms with Gasteiger partial charge in [0.25, 0.3) is 0 Å². The summed E-state index contributed by atoms with van der Waals surface area (Å²) < 4.78 is 0. The molecule has 0 saturated heterocycles. The molecular formula is C22H15OY-. The van der Waals surface area contributed by atoms with Gasteiger partial charge in [-0.3, -0.25) is 0 Å². The number of fused-ring (bicyclic) bond motifs is 2. The normalized spacial score (nSPS) is 10.5. The first kappa shape index (κ1) is 17.0. The molecule has 0 spiro atoms. The van der Waals surface area contributed by atoms with E-state index in [1.54, 1.807) is 0 Å². The molecule has 0 aliphatic rings. The van der Waals surface area contributed by atoms with Crippen LogP contribution < -0.4 is 0 Å². The maximum atomic E-state index is 11.5. The van der Waals surface area contributed by atoms with Crippen molar-refractivity contribution >= 4 is 27.8 Å². The number of benzene rings is 4. The second-order valence-corrected chi connectivity index (χ2v) is 5.86. The van der Waals surface area contributed by atoms with Crippen molar-refractivity contribution in [2.45, 2.75) is 6.92 Å². The molecule has 4 aromatic rings. The Morgan fingerprint density at radius 3 is 1.67 bits per heavy atom. The molecule has 0 saturated carbocycles. The molecule has 0 unspecified atom stereocenters. The Labute approximate surface area is 166 Å². The van der Waals surface area contributed by atoms with E-state index in [1.807, 2.05) is 36.4 Å². The van der Waals surface area contributed by atoms with Crippen molar-refractivity contribution in [3.05, 3.63) is 83.9 Å². The monoisotopic (exact) mass is 384 g/mol. The van der Waals surface area contributed by atoms with Crippen molar-refractivity contribution < 1.29 is 37.5 Å². The van der Waals surface area contributed by atoms with E-state index in [4.69, 9.17) is 0 Å². The molecule has 113 valence electrons. The fourth-order valence-electron chi connectivity index (χ4n) is 3.19. The van der Waals surface area contributed by atoms with Crippen LogP contribution in [-0.4, -0.2) is 6.29 Å². The summed E-state index contributed by atoms with van der Waals surface area (Å²) >= 11 is 0. The third-order valence-electron chi connectivity index (χ3n) is 4.38. The van der Waals surface area contributed by atoms with Crippen molar-refractivity contribution in [2.24, 2.45) is 0 Å². The molecule has 2 heteroatoms. The summed E-state index contributed by atoms with van der Waals surface area (Å²) in [6.45, 7) is 2.09. The Kier molecular flexibility index (Phi) is 4.94. The standard InChI is InChI=1S/C22H15O.Y/c1-15-10-16-6-2-4-8-18(16)12-21(15)22-13-19-9-5-3-7-17(19)11-20(22)14-23;/h2-13H,1H3;/q-1;. The van der Waals surface area contributed by atoms with Crippen LogP contribution in [0.3, 0.4) is 0 Å². The van der Waals surface area contributed by atoms with Crippen molar-refractivity contribution in [1.82, 2.24) is 0 Å². The van der Waals surface area contributed by atoms with Gasteiger partial charge in [0, 0.05) is 32.7 Å². The number of hydrogen-bond acceptors (Lipinski definition) is 1. The maximum Gasteiger partial charge on any atom is 0.0633 e. The van der Waals surface area contributed by atoms with Crippen LogP contribution in [0.25, 0.3) is 32.7 Å². The van der Waals surface area contributed by atoms with Gasteiger partial charge in [-0.15, -0.1) is 17.2 Å². The molecule has 0 aliphatic heterocycles. The van der Waals surface area contributed by atoms with Gasteiger partial charge in [0.1, 0.15) is 0 Å². The Morgan fingerprint density at radius 1 is 0.667 bits per heavy atom. The molecule has 4 rings (SSSR count). The minimum absolute atomic E-state index is 0. The smallest absolute Gasteiger partial charge is 0.0633 e. The number of aryl methyl sites for hydroxylation is 1. The first-order valence-electron chi connectivity index (χ1n) is 7.67. The van der Waals surface area contributed by atoms with Crippen LogP contribution in [0, 0.1) is 6.92 Å². The third-order valence-corrected chi connectivity index (χ3v) is 4.38. The second kappa shape index (κ2) is 6.97. The van der Waals surface area contributed by atoms with Crippen molar-refractivity contribution in [1.29, 1.82) is 0 Å². The summed E-state index contributed by atoms with van der Waals surface area (Å²) in [6, 6.07) is 24.7. The zero-order valence-electron chi connectivity index (χ0n) is 13.4. The van der Waals surface area contributed by atoms with Gasteiger partial charge in [-0.2, -0.15) is 6.07 Å². The topological polar surface area (TPSA) is 17.1 Å². The summed E-state index contributed by atoms with van der Waals surface area (Å²) in [5.74, 6) is 0. The molecule has 0 heterocycles. The van der Waals surface area contributed by atoms with E-state index in [9.17, 15) is 4.79 Å². The Hall–Kier alpha value is -1.83. The summed E-state index contributed by atoms with van der Waals surface area (Å²) in [7, 11) is 0. The summed E-state index contributed by atoms with van der Waals surface area (Å²) in [5, 5.41) is 4.59. The van der Waals surface area contributed by atoms with Crippen molar-refractivity contribution in [3.63, 3.8) is 0 Å². The van der Waals surface area contributed by atoms with Crippen LogP contribution in [0.4, 0.5) is 0 Å². The van der Waals surface area contributed by atoms with E-state index < -0.39 is 0 Å². The molecule has 1 radical (unpaired) electrons. The van der Waals surface area contributed by atoms with Crippen LogP contribution in [-0.2, 0) is 37.5 Å². The minimum Gasteiger partial charge on any atom is -0.376 e. The number of carbonyl (C=O) groups excluding carboxylic acids is 1. The molecule has 0 bridgehead atoms. The van der Waals surface area contributed by atoms with E-state index in [0.717, 1.165) is 27.5 Å². The van der Waals surface area contributed by atoms with E-state index in [0.29, 0.717) is 5.56 Å². The maximum absolute atomic E-state index is 11.5. The van der Waals surface area contributed by atoms with Gasteiger partial charge in [0.15, 0.2) is 0 Å². The third kappa shape index (κ3) is 2.95. The Balaban J connectivity index is 0.00000169. The van der Waals surface area contributed by atoms with Crippen molar-refractivity contribution in [3.8, 4) is 11.1 Å². The molecule has 24 heavy (non-hydrogen) atoms. The van der Waals surface area contributed by atoms with Crippen LogP contribution >= 0.6 is 0 Å². The van der Waals surface area contributed by atoms with Gasteiger partial charge in [-0.25, -0.2) is 0 Å². The average molecular weight is 384 g/mol. The molecule has 0 amide bonds. The summed E-state index contributed by atoms with van der Waals surface area (Å²) in [4.78, 5) is 11.5. The molecule has 0 atom stereocenters. The van der Waals surface area contributed by atoms with Crippen LogP contribution in [0.5, 0.6) is 0 Å². The fraction of sp³-hybridized carbons (Fsp3) is 0.0455. The SMILES string of the molecule is Cc1cc2ccccc2cc1-c1cc2ccccc2cc1[C-]=O.[Y]. The second-order valence-electron chi connectivity index (χ2n) is 5.86. The van der Waals surface area contributed by atoms with E-state index in [-0.39, 0.29) is 32.7 Å². The first-order valence-corrected chi connectivity index (χ1v) is 7.67. The molecule has 1 nitrogen and oxygen atoms in total. The number of hydrogen-bond donors (Lipinski definition) is 0. The van der Waals surface area contributed by atoms with Gasteiger partial charge in [0.05, 0.1) is 6.29 Å². The zero-order chi connectivity index (χ0) is 15.8. The van der Waals surface area contributed by atoms with Crippen LogP contribution in [0.1, 0.15) is 11.1 Å². The molecule has 4 aromatic carbocycles. The molecule has 0 N–H and O–H groups in total. The largest absolute Gasteiger partial charge is 0.376 e. The van der Waals surface area contributed by atoms with Gasteiger partial charge in [0.2, 0.25) is 0 Å². The van der Waals surface area contributed by atoms with E-state index >= 15 is 0 Å². The zero-order valence-corrected chi connectivity index (χ0v) is 16.3. The van der Waals surface area contributed by atoms with Gasteiger partial charge in [-0.1, -0.05) is 77.2 Å². The quantitative estimate of drug-likeness (QED) is 0.422. The Bertz CT molecular complexity index is 1050. The van der Waals surface area contributed by atoms with Crippen molar-refractivity contribution in [2.75, 3.05) is 0 Å². The van der Waals surface area contributed by atoms with Gasteiger partial charge >= 0.3 is 0 Å².